The highest BCUT2D eigenvalue weighted by atomic mass is 35.5. The highest BCUT2D eigenvalue weighted by Crippen LogP contribution is 2.29. The number of nitrogens with zero attached hydrogens (tertiary/aromatic N) is 5. The molecular weight excluding hydrogens is 432 g/mol. The van der Waals surface area contributed by atoms with E-state index in [0.717, 1.165) is 4.90 Å². The van der Waals surface area contributed by atoms with Crippen LogP contribution in [0.3, 0.4) is 0 Å². The van der Waals surface area contributed by atoms with Crippen LogP contribution in [0.2, 0.25) is 0 Å². The summed E-state index contributed by atoms with van der Waals surface area (Å²) >= 11 is 0. The molecule has 164 valence electrons. The molecule has 1 fully saturated rings. The number of halogens is 5. The number of carbonyl (C=O) groups excluding carboxylic acids is 1. The lowest BCUT2D eigenvalue weighted by Gasteiger charge is -2.33. The molecule has 0 bridgehead atoms. The van der Waals surface area contributed by atoms with Crippen LogP contribution >= 0.6 is 12.4 Å². The van der Waals surface area contributed by atoms with Crippen molar-refractivity contribution in [3.63, 3.8) is 0 Å². The minimum atomic E-state index is -4.57. The Labute approximate surface area is 175 Å². The van der Waals surface area contributed by atoms with Crippen LogP contribution in [-0.2, 0) is 11.0 Å². The van der Waals surface area contributed by atoms with Gasteiger partial charge in [-0.15, -0.1) is 12.4 Å². The minimum absolute atomic E-state index is 0. The van der Waals surface area contributed by atoms with Crippen molar-refractivity contribution in [1.29, 1.82) is 0 Å². The second-order valence-corrected chi connectivity index (χ2v) is 6.47. The number of anilines is 2. The molecule has 1 aliphatic rings. The number of ether oxygens (including phenoxy) is 1. The molecule has 1 aliphatic heterocycles. The molecule has 0 unspecified atom stereocenters. The van der Waals surface area contributed by atoms with Crippen LogP contribution in [0.4, 0.5) is 29.3 Å². The van der Waals surface area contributed by atoms with E-state index in [1.165, 1.54) is 17.2 Å². The number of piperazine rings is 1. The van der Waals surface area contributed by atoms with Gasteiger partial charge in [-0.25, -0.2) is 15.0 Å². The summed E-state index contributed by atoms with van der Waals surface area (Å²) in [5, 5.41) is 0. The Bertz CT molecular complexity index is 882. The molecule has 1 saturated heterocycles. The van der Waals surface area contributed by atoms with E-state index < -0.39 is 23.5 Å². The number of hydrogen-bond acceptors (Lipinski definition) is 7. The zero-order chi connectivity index (χ0) is 21.2. The molecular formula is C17H19ClF4N6O2. The average Bonchev–Trinajstić information content (AvgIpc) is 2.66. The quantitative estimate of drug-likeness (QED) is 0.696. The van der Waals surface area contributed by atoms with Crippen molar-refractivity contribution in [3.8, 4) is 5.75 Å². The van der Waals surface area contributed by atoms with E-state index in [2.05, 4.69) is 15.0 Å². The predicted molar refractivity (Wildman–Crippen MR) is 102 cm³/mol. The summed E-state index contributed by atoms with van der Waals surface area (Å²) in [6.45, 7) is 1.80. The van der Waals surface area contributed by atoms with Crippen molar-refractivity contribution in [2.24, 2.45) is 5.73 Å². The number of amides is 1. The molecule has 0 radical (unpaired) electrons. The average molecular weight is 451 g/mol. The third-order valence-corrected chi connectivity index (χ3v) is 4.06. The summed E-state index contributed by atoms with van der Waals surface area (Å²) < 4.78 is 57.9. The van der Waals surface area contributed by atoms with Gasteiger partial charge < -0.3 is 15.4 Å². The lowest BCUT2D eigenvalue weighted by molar-refractivity contribution is -0.138. The lowest BCUT2D eigenvalue weighted by Crippen LogP contribution is -2.51. The Hall–Kier alpha value is -2.73. The van der Waals surface area contributed by atoms with Crippen LogP contribution < -0.4 is 20.3 Å². The number of pyridine rings is 1. The topological polar surface area (TPSA) is 97.5 Å². The van der Waals surface area contributed by atoms with Crippen molar-refractivity contribution >= 4 is 30.1 Å². The van der Waals surface area contributed by atoms with E-state index in [4.69, 9.17) is 10.5 Å². The molecule has 8 nitrogen and oxygen atoms in total. The van der Waals surface area contributed by atoms with Gasteiger partial charge in [0.1, 0.15) is 6.61 Å². The first-order chi connectivity index (χ1) is 13.7. The molecule has 3 heterocycles. The van der Waals surface area contributed by atoms with E-state index in [1.807, 2.05) is 0 Å². The molecule has 0 aliphatic carbocycles. The maximum Gasteiger partial charge on any atom is 0.419 e. The first-order valence-electron chi connectivity index (χ1n) is 8.64. The minimum Gasteiger partial charge on any atom is -0.489 e. The highest BCUT2D eigenvalue weighted by Gasteiger charge is 2.33. The number of nitrogens with two attached hydrogens (primary N) is 1. The van der Waals surface area contributed by atoms with E-state index in [0.29, 0.717) is 12.4 Å². The van der Waals surface area contributed by atoms with Crippen molar-refractivity contribution in [3.05, 3.63) is 36.0 Å². The van der Waals surface area contributed by atoms with Crippen molar-refractivity contribution in [2.45, 2.75) is 19.1 Å². The molecule has 1 amide bonds. The number of hydrogen-bond donors (Lipinski definition) is 1. The van der Waals surface area contributed by atoms with Crippen LogP contribution in [0.15, 0.2) is 24.7 Å². The largest absolute Gasteiger partial charge is 0.489 e. The summed E-state index contributed by atoms with van der Waals surface area (Å²) in [6.07, 6.45) is -1.99. The third-order valence-electron chi connectivity index (χ3n) is 4.06. The van der Waals surface area contributed by atoms with Crippen LogP contribution in [0, 0.1) is 5.82 Å². The fourth-order valence-corrected chi connectivity index (χ4v) is 2.64. The van der Waals surface area contributed by atoms with Gasteiger partial charge in [-0.05, 0) is 6.92 Å². The van der Waals surface area contributed by atoms with E-state index >= 15 is 0 Å². The van der Waals surface area contributed by atoms with Crippen LogP contribution in [0.1, 0.15) is 12.5 Å². The monoisotopic (exact) mass is 450 g/mol. The van der Waals surface area contributed by atoms with E-state index in [9.17, 15) is 22.4 Å². The van der Waals surface area contributed by atoms with Gasteiger partial charge in [-0.3, -0.25) is 9.69 Å². The Kier molecular flexibility index (Phi) is 7.37. The predicted octanol–water partition coefficient (Wildman–Crippen LogP) is 2.03. The smallest absolute Gasteiger partial charge is 0.419 e. The first-order valence-corrected chi connectivity index (χ1v) is 8.64. The van der Waals surface area contributed by atoms with Gasteiger partial charge in [-0.1, -0.05) is 0 Å². The van der Waals surface area contributed by atoms with E-state index in [-0.39, 0.29) is 62.2 Å². The number of rotatable bonds is 5. The molecule has 13 heteroatoms. The zero-order valence-corrected chi connectivity index (χ0v) is 16.6. The van der Waals surface area contributed by atoms with Crippen molar-refractivity contribution in [2.75, 3.05) is 36.0 Å². The molecule has 30 heavy (non-hydrogen) atoms. The third kappa shape index (κ3) is 5.25. The normalized spacial score (nSPS) is 15.6. The standard InChI is InChI=1S/C17H18F4N6O2.ClH/c1-10(22)9-29-12-2-3-23-15(14(12)18)26-4-5-27(13(28)8-26)16-24-6-11(7-25-16)17(19,20)21;/h2-3,6-7,10H,4-5,8-9,22H2,1H3;1H/t10-;/m0./s1. The van der Waals surface area contributed by atoms with Crippen LogP contribution in [0.5, 0.6) is 5.75 Å². The second kappa shape index (κ2) is 9.39. The molecule has 3 rings (SSSR count). The summed E-state index contributed by atoms with van der Waals surface area (Å²) in [4.78, 5) is 26.2. The van der Waals surface area contributed by atoms with Gasteiger partial charge >= 0.3 is 6.18 Å². The first kappa shape index (κ1) is 23.5. The number of aromatic nitrogens is 3. The number of carbonyl (C=O) groups is 1. The molecule has 2 aromatic heterocycles. The van der Waals surface area contributed by atoms with Crippen LogP contribution in [0.25, 0.3) is 0 Å². The lowest BCUT2D eigenvalue weighted by atomic mass is 10.3. The Balaban J connectivity index is 0.00000320. The molecule has 1 atom stereocenters. The van der Waals surface area contributed by atoms with Gasteiger partial charge in [-0.2, -0.15) is 17.6 Å². The highest BCUT2D eigenvalue weighted by molar-refractivity contribution is 5.96. The van der Waals surface area contributed by atoms with Crippen molar-refractivity contribution in [1.82, 2.24) is 15.0 Å². The molecule has 2 aromatic rings. The van der Waals surface area contributed by atoms with E-state index in [1.54, 1.807) is 6.92 Å². The Morgan fingerprint density at radius 2 is 1.90 bits per heavy atom. The molecule has 0 aromatic carbocycles. The Morgan fingerprint density at radius 3 is 2.47 bits per heavy atom. The summed E-state index contributed by atoms with van der Waals surface area (Å²) in [7, 11) is 0. The second-order valence-electron chi connectivity index (χ2n) is 6.47. The maximum atomic E-state index is 14.7. The number of alkyl halides is 3. The van der Waals surface area contributed by atoms with Gasteiger partial charge in [0.15, 0.2) is 11.6 Å². The van der Waals surface area contributed by atoms with Gasteiger partial charge in [0.05, 0.1) is 12.1 Å². The fraction of sp³-hybridized carbons (Fsp3) is 0.412. The fourth-order valence-electron chi connectivity index (χ4n) is 2.64. The summed E-state index contributed by atoms with van der Waals surface area (Å²) in [5.41, 5.74) is 4.58. The zero-order valence-electron chi connectivity index (χ0n) is 15.8. The van der Waals surface area contributed by atoms with Crippen LogP contribution in [-0.4, -0.2) is 53.1 Å². The van der Waals surface area contributed by atoms with Gasteiger partial charge in [0, 0.05) is 43.8 Å². The summed E-state index contributed by atoms with van der Waals surface area (Å²) in [5.74, 6) is -1.47. The molecule has 0 spiro atoms. The maximum absolute atomic E-state index is 14.7. The summed E-state index contributed by atoms with van der Waals surface area (Å²) in [6, 6.07) is 1.06. The Morgan fingerprint density at radius 1 is 1.23 bits per heavy atom. The van der Waals surface area contributed by atoms with Gasteiger partial charge in [0.25, 0.3) is 0 Å². The SMILES string of the molecule is C[C@H](N)COc1ccnc(N2CCN(c3ncc(C(F)(F)F)cn3)C(=O)C2)c1F.Cl. The van der Waals surface area contributed by atoms with Crippen molar-refractivity contribution < 1.29 is 27.1 Å². The molecule has 2 N–H and O–H groups in total. The van der Waals surface area contributed by atoms with Gasteiger partial charge in [0.2, 0.25) is 17.7 Å². The molecule has 0 saturated carbocycles.